The predicted molar refractivity (Wildman–Crippen MR) is 121 cm³/mol. The smallest absolute Gasteiger partial charge is 0.259 e. The molecule has 0 bridgehead atoms. The number of hydrogen-bond acceptors (Lipinski definition) is 6. The summed E-state index contributed by atoms with van der Waals surface area (Å²) in [7, 11) is 0. The van der Waals surface area contributed by atoms with Crippen LogP contribution in [0.1, 0.15) is 11.1 Å². The van der Waals surface area contributed by atoms with Gasteiger partial charge in [-0.25, -0.2) is 10.4 Å². The lowest BCUT2D eigenvalue weighted by Gasteiger charge is -2.09. The van der Waals surface area contributed by atoms with Crippen molar-refractivity contribution in [2.24, 2.45) is 5.10 Å². The van der Waals surface area contributed by atoms with Crippen molar-refractivity contribution >= 4 is 38.8 Å². The van der Waals surface area contributed by atoms with E-state index in [-0.39, 0.29) is 12.5 Å². The molecule has 0 fully saturated rings. The van der Waals surface area contributed by atoms with Gasteiger partial charge in [0.25, 0.3) is 5.91 Å². The SMILES string of the molecule is O=C(CNc1nc2ccccc2s1)N/N=C\c1ccccc1OCc1ccccc1. The average molecular weight is 417 g/mol. The predicted octanol–water partition coefficient (Wildman–Crippen LogP) is 4.44. The van der Waals surface area contributed by atoms with E-state index < -0.39 is 0 Å². The summed E-state index contributed by atoms with van der Waals surface area (Å²) in [6, 6.07) is 25.3. The highest BCUT2D eigenvalue weighted by atomic mass is 32.1. The second kappa shape index (κ2) is 9.67. The van der Waals surface area contributed by atoms with Crippen molar-refractivity contribution < 1.29 is 9.53 Å². The van der Waals surface area contributed by atoms with Gasteiger partial charge in [0.1, 0.15) is 12.4 Å². The molecule has 1 amide bonds. The Balaban J connectivity index is 1.30. The number of benzene rings is 3. The first kappa shape index (κ1) is 19.6. The molecule has 0 saturated heterocycles. The topological polar surface area (TPSA) is 75.6 Å². The van der Waals surface area contributed by atoms with Gasteiger partial charge in [-0.3, -0.25) is 4.79 Å². The number of carbonyl (C=O) groups excluding carboxylic acids is 1. The largest absolute Gasteiger partial charge is 0.488 e. The van der Waals surface area contributed by atoms with Crippen LogP contribution in [0, 0.1) is 0 Å². The summed E-state index contributed by atoms with van der Waals surface area (Å²) in [6.07, 6.45) is 1.58. The summed E-state index contributed by atoms with van der Waals surface area (Å²) in [5, 5.41) is 7.78. The van der Waals surface area contributed by atoms with E-state index in [1.165, 1.54) is 11.3 Å². The van der Waals surface area contributed by atoms with Gasteiger partial charge in [0.05, 0.1) is 23.0 Å². The first-order valence-electron chi connectivity index (χ1n) is 9.45. The number of thiazole rings is 1. The molecule has 30 heavy (non-hydrogen) atoms. The average Bonchev–Trinajstić information content (AvgIpc) is 3.21. The molecule has 0 aliphatic rings. The molecule has 0 spiro atoms. The molecule has 3 aromatic carbocycles. The van der Waals surface area contributed by atoms with Gasteiger partial charge in [0.2, 0.25) is 0 Å². The fourth-order valence-corrected chi connectivity index (χ4v) is 3.63. The molecule has 0 radical (unpaired) electrons. The van der Waals surface area contributed by atoms with E-state index in [1.54, 1.807) is 6.21 Å². The van der Waals surface area contributed by atoms with Crippen LogP contribution in [0.25, 0.3) is 10.2 Å². The highest BCUT2D eigenvalue weighted by Gasteiger charge is 2.05. The number of nitrogens with zero attached hydrogens (tertiary/aromatic N) is 2. The summed E-state index contributed by atoms with van der Waals surface area (Å²) in [4.78, 5) is 16.5. The Kier molecular flexibility index (Phi) is 6.31. The van der Waals surface area contributed by atoms with Crippen LogP contribution < -0.4 is 15.5 Å². The summed E-state index contributed by atoms with van der Waals surface area (Å²) in [5.41, 5.74) is 5.30. The fraction of sp³-hybridized carbons (Fsp3) is 0.0870. The maximum atomic E-state index is 12.1. The van der Waals surface area contributed by atoms with Gasteiger partial charge < -0.3 is 10.1 Å². The minimum absolute atomic E-state index is 0.0866. The molecule has 0 atom stereocenters. The van der Waals surface area contributed by atoms with Crippen molar-refractivity contribution in [1.82, 2.24) is 10.4 Å². The molecule has 7 heteroatoms. The van der Waals surface area contributed by atoms with Gasteiger partial charge in [-0.05, 0) is 29.8 Å². The number of fused-ring (bicyclic) bond motifs is 1. The summed E-state index contributed by atoms with van der Waals surface area (Å²) in [5.74, 6) is 0.445. The third kappa shape index (κ3) is 5.21. The zero-order valence-corrected chi connectivity index (χ0v) is 16.9. The van der Waals surface area contributed by atoms with Gasteiger partial charge in [-0.15, -0.1) is 0 Å². The third-order valence-electron chi connectivity index (χ3n) is 4.24. The lowest BCUT2D eigenvalue weighted by molar-refractivity contribution is -0.119. The van der Waals surface area contributed by atoms with Gasteiger partial charge in [0.15, 0.2) is 5.13 Å². The van der Waals surface area contributed by atoms with E-state index in [0.717, 1.165) is 21.3 Å². The number of aromatic nitrogens is 1. The van der Waals surface area contributed by atoms with Crippen LogP contribution in [0.5, 0.6) is 5.75 Å². The second-order valence-corrected chi connectivity index (χ2v) is 7.48. The highest BCUT2D eigenvalue weighted by Crippen LogP contribution is 2.25. The number of ether oxygens (including phenoxy) is 1. The number of rotatable bonds is 8. The van der Waals surface area contributed by atoms with E-state index in [4.69, 9.17) is 4.74 Å². The van der Waals surface area contributed by atoms with Crippen LogP contribution in [-0.4, -0.2) is 23.7 Å². The van der Waals surface area contributed by atoms with Gasteiger partial charge in [0, 0.05) is 5.56 Å². The van der Waals surface area contributed by atoms with E-state index in [0.29, 0.717) is 17.5 Å². The molecule has 0 aliphatic heterocycles. The molecule has 2 N–H and O–H groups in total. The number of hydrazone groups is 1. The molecule has 1 heterocycles. The van der Waals surface area contributed by atoms with Crippen LogP contribution in [0.4, 0.5) is 5.13 Å². The van der Waals surface area contributed by atoms with E-state index in [1.807, 2.05) is 78.9 Å². The van der Waals surface area contributed by atoms with Crippen LogP contribution in [-0.2, 0) is 11.4 Å². The quantitative estimate of drug-likeness (QED) is 0.329. The van der Waals surface area contributed by atoms with E-state index in [9.17, 15) is 4.79 Å². The van der Waals surface area contributed by atoms with Gasteiger partial charge >= 0.3 is 0 Å². The Morgan fingerprint density at radius 1 is 1.00 bits per heavy atom. The molecule has 150 valence electrons. The molecule has 0 unspecified atom stereocenters. The van der Waals surface area contributed by atoms with Gasteiger partial charge in [-0.2, -0.15) is 5.10 Å². The standard InChI is InChI=1S/C23H20N4O2S/c28-22(15-24-23-26-19-11-5-7-13-21(19)30-23)27-25-14-18-10-4-6-12-20(18)29-16-17-8-2-1-3-9-17/h1-14H,15-16H2,(H,24,26)(H,27,28)/b25-14-. The van der Waals surface area contributed by atoms with Gasteiger partial charge in [-0.1, -0.05) is 65.9 Å². The Labute approximate surface area is 178 Å². The van der Waals surface area contributed by atoms with Crippen molar-refractivity contribution in [1.29, 1.82) is 0 Å². The van der Waals surface area contributed by atoms with Crippen LogP contribution in [0.2, 0.25) is 0 Å². The lowest BCUT2D eigenvalue weighted by atomic mass is 10.2. The second-order valence-electron chi connectivity index (χ2n) is 6.45. The molecule has 1 aromatic heterocycles. The van der Waals surface area contributed by atoms with Crippen molar-refractivity contribution in [3.8, 4) is 5.75 Å². The third-order valence-corrected chi connectivity index (χ3v) is 5.24. The van der Waals surface area contributed by atoms with Crippen LogP contribution >= 0.6 is 11.3 Å². The Bertz CT molecular complexity index is 1130. The number of carbonyl (C=O) groups is 1. The summed E-state index contributed by atoms with van der Waals surface area (Å²) >= 11 is 1.51. The zero-order valence-electron chi connectivity index (χ0n) is 16.1. The van der Waals surface area contributed by atoms with Crippen molar-refractivity contribution in [2.75, 3.05) is 11.9 Å². The maximum Gasteiger partial charge on any atom is 0.259 e. The summed E-state index contributed by atoms with van der Waals surface area (Å²) in [6.45, 7) is 0.549. The number of para-hydroxylation sites is 2. The minimum atomic E-state index is -0.256. The first-order valence-corrected chi connectivity index (χ1v) is 10.3. The first-order chi connectivity index (χ1) is 14.8. The minimum Gasteiger partial charge on any atom is -0.488 e. The zero-order chi connectivity index (χ0) is 20.6. The Hall–Kier alpha value is -3.71. The van der Waals surface area contributed by atoms with Crippen molar-refractivity contribution in [3.05, 3.63) is 90.0 Å². The van der Waals surface area contributed by atoms with Crippen LogP contribution in [0.3, 0.4) is 0 Å². The maximum absolute atomic E-state index is 12.1. The van der Waals surface area contributed by atoms with Crippen LogP contribution in [0.15, 0.2) is 84.0 Å². The molecule has 0 saturated carbocycles. The van der Waals surface area contributed by atoms with E-state index in [2.05, 4.69) is 20.8 Å². The Morgan fingerprint density at radius 2 is 1.77 bits per heavy atom. The van der Waals surface area contributed by atoms with Crippen molar-refractivity contribution in [3.63, 3.8) is 0 Å². The number of anilines is 1. The molecular formula is C23H20N4O2S. The normalized spacial score (nSPS) is 10.9. The number of hydrogen-bond donors (Lipinski definition) is 2. The molecule has 6 nitrogen and oxygen atoms in total. The molecule has 4 rings (SSSR count). The molecular weight excluding hydrogens is 396 g/mol. The highest BCUT2D eigenvalue weighted by molar-refractivity contribution is 7.22. The monoisotopic (exact) mass is 416 g/mol. The summed E-state index contributed by atoms with van der Waals surface area (Å²) < 4.78 is 6.97. The fourth-order valence-electron chi connectivity index (χ4n) is 2.77. The number of amides is 1. The van der Waals surface area contributed by atoms with Crippen molar-refractivity contribution in [2.45, 2.75) is 6.61 Å². The Morgan fingerprint density at radius 3 is 2.63 bits per heavy atom. The molecule has 0 aliphatic carbocycles. The molecule has 4 aromatic rings. The van der Waals surface area contributed by atoms with E-state index >= 15 is 0 Å². The lowest BCUT2D eigenvalue weighted by Crippen LogP contribution is -2.25. The number of nitrogens with one attached hydrogen (secondary N) is 2.